The molecule has 7 nitrogen and oxygen atoms in total. The Morgan fingerprint density at radius 1 is 1.27 bits per heavy atom. The Hall–Kier alpha value is -2.18. The number of carbonyl (C=O) groups excluding carboxylic acids is 2. The van der Waals surface area contributed by atoms with Crippen LogP contribution < -0.4 is 10.9 Å². The lowest BCUT2D eigenvalue weighted by Gasteiger charge is -2.29. The predicted octanol–water partition coefficient (Wildman–Crippen LogP) is 0.774. The van der Waals surface area contributed by atoms with Crippen molar-refractivity contribution in [1.29, 1.82) is 0 Å². The molecule has 1 aromatic rings. The summed E-state index contributed by atoms with van der Waals surface area (Å²) in [6.45, 7) is 3.09. The van der Waals surface area contributed by atoms with Gasteiger partial charge in [0.2, 0.25) is 11.8 Å². The first kappa shape index (κ1) is 17.2. The van der Waals surface area contributed by atoms with Crippen LogP contribution in [-0.4, -0.2) is 45.8 Å². The number of hydrogen-bond acceptors (Lipinski definition) is 4. The quantitative estimate of drug-likeness (QED) is 0.813. The maximum Gasteiger partial charge on any atom is 0.251 e. The van der Waals surface area contributed by atoms with Gasteiger partial charge >= 0.3 is 0 Å². The number of H-pyrrole nitrogens is 1. The SMILES string of the molecule is Cc1nc(CC(=O)N[C@H]2CN(C(=O)C3CCC3)C[C@H]2C2CC2)cc(=O)[nH]1. The molecule has 2 heterocycles. The van der Waals surface area contributed by atoms with Gasteiger partial charge in [-0.1, -0.05) is 6.42 Å². The van der Waals surface area contributed by atoms with Crippen molar-refractivity contribution >= 4 is 11.8 Å². The molecule has 2 N–H and O–H groups in total. The molecule has 3 fully saturated rings. The van der Waals surface area contributed by atoms with Gasteiger partial charge in [-0.15, -0.1) is 0 Å². The second-order valence-corrected chi connectivity index (χ2v) is 8.05. The largest absolute Gasteiger partial charge is 0.351 e. The third-order valence-corrected chi connectivity index (χ3v) is 5.96. The molecular formula is C19H26N4O3. The zero-order valence-corrected chi connectivity index (χ0v) is 15.2. The van der Waals surface area contributed by atoms with E-state index in [1.54, 1.807) is 6.92 Å². The first-order valence-corrected chi connectivity index (χ1v) is 9.64. The third-order valence-electron chi connectivity index (χ3n) is 5.96. The molecule has 2 atom stereocenters. The average molecular weight is 358 g/mol. The minimum Gasteiger partial charge on any atom is -0.351 e. The van der Waals surface area contributed by atoms with Crippen molar-refractivity contribution in [3.05, 3.63) is 27.9 Å². The molecule has 2 saturated carbocycles. The number of aromatic nitrogens is 2. The summed E-state index contributed by atoms with van der Waals surface area (Å²) < 4.78 is 0. The summed E-state index contributed by atoms with van der Waals surface area (Å²) in [6, 6.07) is 1.38. The molecule has 0 spiro atoms. The van der Waals surface area contributed by atoms with Crippen LogP contribution in [0, 0.1) is 24.7 Å². The number of carbonyl (C=O) groups is 2. The van der Waals surface area contributed by atoms with Crippen LogP contribution in [0.2, 0.25) is 0 Å². The fraction of sp³-hybridized carbons (Fsp3) is 0.684. The lowest BCUT2D eigenvalue weighted by atomic mass is 9.84. The molecule has 26 heavy (non-hydrogen) atoms. The van der Waals surface area contributed by atoms with Crippen LogP contribution in [0.25, 0.3) is 0 Å². The van der Waals surface area contributed by atoms with Gasteiger partial charge in [-0.3, -0.25) is 14.4 Å². The second kappa shape index (κ2) is 6.85. The van der Waals surface area contributed by atoms with E-state index in [0.717, 1.165) is 25.8 Å². The zero-order chi connectivity index (χ0) is 18.3. The highest BCUT2D eigenvalue weighted by Gasteiger charge is 2.45. The van der Waals surface area contributed by atoms with Gasteiger partial charge in [0.15, 0.2) is 0 Å². The van der Waals surface area contributed by atoms with Crippen molar-refractivity contribution in [3.8, 4) is 0 Å². The summed E-state index contributed by atoms with van der Waals surface area (Å²) in [6.07, 6.45) is 5.64. The first-order valence-electron chi connectivity index (χ1n) is 9.64. The number of rotatable bonds is 5. The third kappa shape index (κ3) is 3.66. The van der Waals surface area contributed by atoms with Crippen LogP contribution in [0.4, 0.5) is 0 Å². The van der Waals surface area contributed by atoms with Crippen LogP contribution >= 0.6 is 0 Å². The number of likely N-dealkylation sites (tertiary alicyclic amines) is 1. The number of aryl methyl sites for hydroxylation is 1. The van der Waals surface area contributed by atoms with E-state index in [2.05, 4.69) is 15.3 Å². The highest BCUT2D eigenvalue weighted by molar-refractivity contribution is 5.81. The molecule has 140 valence electrons. The van der Waals surface area contributed by atoms with Crippen molar-refractivity contribution in [2.24, 2.45) is 17.8 Å². The maximum absolute atomic E-state index is 12.6. The topological polar surface area (TPSA) is 95.2 Å². The van der Waals surface area contributed by atoms with E-state index in [1.807, 2.05) is 4.90 Å². The van der Waals surface area contributed by atoms with Gasteiger partial charge < -0.3 is 15.2 Å². The Kier molecular flexibility index (Phi) is 4.54. The van der Waals surface area contributed by atoms with Crippen molar-refractivity contribution in [2.45, 2.75) is 51.5 Å². The van der Waals surface area contributed by atoms with Gasteiger partial charge in [-0.05, 0) is 38.5 Å². The van der Waals surface area contributed by atoms with Gasteiger partial charge in [0.05, 0.1) is 18.2 Å². The molecule has 4 rings (SSSR count). The average Bonchev–Trinajstić information content (AvgIpc) is 3.25. The normalized spacial score (nSPS) is 25.8. The van der Waals surface area contributed by atoms with Crippen molar-refractivity contribution in [1.82, 2.24) is 20.2 Å². The molecule has 3 aliphatic rings. The number of aromatic amines is 1. The molecule has 0 radical (unpaired) electrons. The molecule has 7 heteroatoms. The Morgan fingerprint density at radius 2 is 2.04 bits per heavy atom. The van der Waals surface area contributed by atoms with Crippen molar-refractivity contribution in [2.75, 3.05) is 13.1 Å². The van der Waals surface area contributed by atoms with Crippen LogP contribution in [0.1, 0.15) is 43.6 Å². The standard InChI is InChI=1S/C19H26N4O3/c1-11-20-14(7-17(24)21-11)8-18(25)22-16-10-23(9-15(16)12-5-6-12)19(26)13-3-2-4-13/h7,12-13,15-16H,2-6,8-10H2,1H3,(H,22,25)(H,20,21,24)/t15-,16-/m0/s1. The molecule has 2 amide bonds. The number of nitrogens with one attached hydrogen (secondary N) is 2. The number of nitrogens with zero attached hydrogens (tertiary/aromatic N) is 2. The van der Waals surface area contributed by atoms with Gasteiger partial charge in [0, 0.05) is 31.0 Å². The van der Waals surface area contributed by atoms with Gasteiger partial charge in [-0.25, -0.2) is 4.98 Å². The molecule has 1 saturated heterocycles. The highest BCUT2D eigenvalue weighted by atomic mass is 16.2. The first-order chi connectivity index (χ1) is 12.5. The fourth-order valence-corrected chi connectivity index (χ4v) is 4.23. The summed E-state index contributed by atoms with van der Waals surface area (Å²) in [5.74, 6) is 1.83. The van der Waals surface area contributed by atoms with Crippen molar-refractivity contribution in [3.63, 3.8) is 0 Å². The minimum absolute atomic E-state index is 0.0159. The molecule has 0 aromatic carbocycles. The van der Waals surface area contributed by atoms with E-state index in [0.29, 0.717) is 29.9 Å². The Labute approximate surface area is 152 Å². The Morgan fingerprint density at radius 3 is 2.65 bits per heavy atom. The van der Waals surface area contributed by atoms with Gasteiger partial charge in [0.1, 0.15) is 5.82 Å². The molecular weight excluding hydrogens is 332 g/mol. The maximum atomic E-state index is 12.6. The Balaban J connectivity index is 1.39. The second-order valence-electron chi connectivity index (χ2n) is 8.05. The summed E-state index contributed by atoms with van der Waals surface area (Å²) in [4.78, 5) is 45.4. The van der Waals surface area contributed by atoms with E-state index in [9.17, 15) is 14.4 Å². The molecule has 0 unspecified atom stereocenters. The van der Waals surface area contributed by atoms with E-state index in [1.165, 1.54) is 18.9 Å². The van der Waals surface area contributed by atoms with Gasteiger partial charge in [0.25, 0.3) is 5.56 Å². The molecule has 1 aliphatic heterocycles. The summed E-state index contributed by atoms with van der Waals surface area (Å²) in [7, 11) is 0. The monoisotopic (exact) mass is 358 g/mol. The molecule has 1 aromatic heterocycles. The van der Waals surface area contributed by atoms with Crippen LogP contribution in [0.15, 0.2) is 10.9 Å². The molecule has 2 aliphatic carbocycles. The molecule has 0 bridgehead atoms. The highest BCUT2D eigenvalue weighted by Crippen LogP contribution is 2.42. The van der Waals surface area contributed by atoms with E-state index >= 15 is 0 Å². The summed E-state index contributed by atoms with van der Waals surface area (Å²) >= 11 is 0. The van der Waals surface area contributed by atoms with Crippen LogP contribution in [0.3, 0.4) is 0 Å². The minimum atomic E-state index is -0.241. The fourth-order valence-electron chi connectivity index (χ4n) is 4.23. The zero-order valence-electron chi connectivity index (χ0n) is 15.2. The van der Waals surface area contributed by atoms with E-state index in [-0.39, 0.29) is 35.8 Å². The van der Waals surface area contributed by atoms with E-state index in [4.69, 9.17) is 0 Å². The smallest absolute Gasteiger partial charge is 0.251 e. The Bertz CT molecular complexity index is 766. The van der Waals surface area contributed by atoms with E-state index < -0.39 is 0 Å². The van der Waals surface area contributed by atoms with Crippen molar-refractivity contribution < 1.29 is 9.59 Å². The number of amides is 2. The lowest BCUT2D eigenvalue weighted by molar-refractivity contribution is -0.137. The van der Waals surface area contributed by atoms with Crippen LogP contribution in [0.5, 0.6) is 0 Å². The van der Waals surface area contributed by atoms with Crippen LogP contribution in [-0.2, 0) is 16.0 Å². The predicted molar refractivity (Wildman–Crippen MR) is 95.4 cm³/mol. The summed E-state index contributed by atoms with van der Waals surface area (Å²) in [5, 5.41) is 3.11. The summed E-state index contributed by atoms with van der Waals surface area (Å²) in [5.41, 5.74) is 0.237. The van der Waals surface area contributed by atoms with Gasteiger partial charge in [-0.2, -0.15) is 0 Å². The number of hydrogen-bond donors (Lipinski definition) is 2. The lowest BCUT2D eigenvalue weighted by Crippen LogP contribution is -2.43.